The molecule has 1 atom stereocenters. The van der Waals surface area contributed by atoms with Crippen molar-refractivity contribution in [2.24, 2.45) is 11.1 Å². The van der Waals surface area contributed by atoms with Gasteiger partial charge in [-0.1, -0.05) is 26.8 Å². The van der Waals surface area contributed by atoms with Crippen LogP contribution in [0, 0.1) is 11.2 Å². The molecule has 0 spiro atoms. The summed E-state index contributed by atoms with van der Waals surface area (Å²) in [5, 5.41) is 10.5. The number of hydrogen-bond acceptors (Lipinski definition) is 2. The van der Waals surface area contributed by atoms with E-state index in [1.807, 2.05) is 0 Å². The molecule has 0 radical (unpaired) electrons. The minimum Gasteiger partial charge on any atom is -0.383 e. The van der Waals surface area contributed by atoms with E-state index in [-0.39, 0.29) is 12.1 Å². The van der Waals surface area contributed by atoms with Gasteiger partial charge in [-0.25, -0.2) is 4.39 Å². The van der Waals surface area contributed by atoms with E-state index in [0.717, 1.165) is 6.07 Å². The zero-order valence-electron chi connectivity index (χ0n) is 11.0. The molecule has 1 unspecified atom stereocenters. The normalized spacial score (nSPS) is 16.3. The summed E-state index contributed by atoms with van der Waals surface area (Å²) in [4.78, 5) is 0. The third-order valence-electron chi connectivity index (χ3n) is 3.29. The Morgan fingerprint density at radius 3 is 2.05 bits per heavy atom. The van der Waals surface area contributed by atoms with Crippen molar-refractivity contribution in [3.63, 3.8) is 0 Å². The monoisotopic (exact) mass is 279 g/mol. The van der Waals surface area contributed by atoms with Gasteiger partial charge in [0, 0.05) is 6.54 Å². The fourth-order valence-electron chi connectivity index (χ4n) is 1.86. The first kappa shape index (κ1) is 15.9. The Balaban J connectivity index is 3.45. The molecule has 1 rings (SSSR count). The summed E-state index contributed by atoms with van der Waals surface area (Å²) in [6.45, 7) is 4.68. The lowest BCUT2D eigenvalue weighted by Crippen LogP contribution is -2.46. The van der Waals surface area contributed by atoms with Crippen LogP contribution in [0.1, 0.15) is 31.9 Å². The van der Waals surface area contributed by atoms with Crippen molar-refractivity contribution in [2.45, 2.75) is 32.5 Å². The predicted molar refractivity (Wildman–Crippen MR) is 63.8 cm³/mol. The van der Waals surface area contributed by atoms with Crippen LogP contribution in [0.25, 0.3) is 0 Å². The van der Waals surface area contributed by atoms with Gasteiger partial charge >= 0.3 is 6.18 Å². The van der Waals surface area contributed by atoms with Crippen molar-refractivity contribution >= 4 is 0 Å². The second kappa shape index (κ2) is 4.76. The molecule has 1 aromatic carbocycles. The van der Waals surface area contributed by atoms with Crippen LogP contribution in [0.3, 0.4) is 0 Å². The molecule has 0 fully saturated rings. The van der Waals surface area contributed by atoms with Gasteiger partial charge in [-0.2, -0.15) is 13.2 Å². The Morgan fingerprint density at radius 2 is 1.68 bits per heavy atom. The van der Waals surface area contributed by atoms with Gasteiger partial charge in [0.25, 0.3) is 0 Å². The van der Waals surface area contributed by atoms with Crippen LogP contribution in [0.4, 0.5) is 17.6 Å². The number of halogens is 4. The first-order chi connectivity index (χ1) is 8.43. The van der Waals surface area contributed by atoms with Crippen LogP contribution in [-0.4, -0.2) is 11.7 Å². The number of alkyl halides is 3. The van der Waals surface area contributed by atoms with E-state index in [1.165, 1.54) is 0 Å². The van der Waals surface area contributed by atoms with Gasteiger partial charge in [0.05, 0.1) is 5.56 Å². The Labute approximate surface area is 109 Å². The molecule has 108 valence electrons. The molecule has 0 saturated carbocycles. The van der Waals surface area contributed by atoms with Gasteiger partial charge in [-0.15, -0.1) is 0 Å². The maximum Gasteiger partial charge on any atom is 0.419 e. The summed E-state index contributed by atoms with van der Waals surface area (Å²) in [5.74, 6) is -1.37. The zero-order chi connectivity index (χ0) is 15.1. The Kier molecular flexibility index (Phi) is 3.98. The highest BCUT2D eigenvalue weighted by Crippen LogP contribution is 2.41. The van der Waals surface area contributed by atoms with Crippen molar-refractivity contribution in [3.05, 3.63) is 35.1 Å². The fourth-order valence-corrected chi connectivity index (χ4v) is 1.86. The SMILES string of the molecule is CC(C)(C)C(O)(CN)c1ccc(F)c(C(F)(F)F)c1. The number of nitrogens with two attached hydrogens (primary N) is 1. The number of benzene rings is 1. The van der Waals surface area contributed by atoms with E-state index >= 15 is 0 Å². The fraction of sp³-hybridized carbons (Fsp3) is 0.538. The minimum atomic E-state index is -4.81. The lowest BCUT2D eigenvalue weighted by molar-refractivity contribution is -0.140. The number of rotatable bonds is 2. The van der Waals surface area contributed by atoms with Gasteiger partial charge in [0.1, 0.15) is 11.4 Å². The van der Waals surface area contributed by atoms with Crippen LogP contribution in [0.2, 0.25) is 0 Å². The lowest BCUT2D eigenvalue weighted by Gasteiger charge is -2.40. The van der Waals surface area contributed by atoms with Crippen molar-refractivity contribution < 1.29 is 22.7 Å². The second-order valence-electron chi connectivity index (χ2n) is 5.51. The topological polar surface area (TPSA) is 46.2 Å². The van der Waals surface area contributed by atoms with Gasteiger partial charge in [0.2, 0.25) is 0 Å². The molecule has 0 amide bonds. The minimum absolute atomic E-state index is 0.0452. The van der Waals surface area contributed by atoms with E-state index in [0.29, 0.717) is 12.1 Å². The summed E-state index contributed by atoms with van der Waals surface area (Å²) in [7, 11) is 0. The van der Waals surface area contributed by atoms with Crippen molar-refractivity contribution in [2.75, 3.05) is 6.54 Å². The van der Waals surface area contributed by atoms with Gasteiger partial charge in [0.15, 0.2) is 0 Å². The third kappa shape index (κ3) is 2.90. The molecular formula is C13H17F4NO. The summed E-state index contributed by atoms with van der Waals surface area (Å²) in [6.07, 6.45) is -4.81. The largest absolute Gasteiger partial charge is 0.419 e. The van der Waals surface area contributed by atoms with Crippen LogP contribution in [0.5, 0.6) is 0 Å². The second-order valence-corrected chi connectivity index (χ2v) is 5.51. The zero-order valence-corrected chi connectivity index (χ0v) is 11.0. The van der Waals surface area contributed by atoms with Crippen LogP contribution in [-0.2, 0) is 11.8 Å². The predicted octanol–water partition coefficient (Wildman–Crippen LogP) is 3.04. The van der Waals surface area contributed by atoms with E-state index in [2.05, 4.69) is 0 Å². The number of hydrogen-bond donors (Lipinski definition) is 2. The molecule has 0 heterocycles. The molecule has 19 heavy (non-hydrogen) atoms. The first-order valence-electron chi connectivity index (χ1n) is 5.73. The summed E-state index contributed by atoms with van der Waals surface area (Å²) >= 11 is 0. The highest BCUT2D eigenvalue weighted by Gasteiger charge is 2.42. The smallest absolute Gasteiger partial charge is 0.383 e. The molecule has 0 saturated heterocycles. The molecular weight excluding hydrogens is 262 g/mol. The maximum atomic E-state index is 13.2. The summed E-state index contributed by atoms with van der Waals surface area (Å²) in [6, 6.07) is 2.45. The van der Waals surface area contributed by atoms with Crippen molar-refractivity contribution in [1.29, 1.82) is 0 Å². The van der Waals surface area contributed by atoms with Crippen molar-refractivity contribution in [3.8, 4) is 0 Å². The Morgan fingerprint density at radius 1 is 1.16 bits per heavy atom. The lowest BCUT2D eigenvalue weighted by atomic mass is 9.72. The molecule has 0 aliphatic carbocycles. The number of aliphatic hydroxyl groups is 1. The van der Waals surface area contributed by atoms with Crippen LogP contribution >= 0.6 is 0 Å². The molecule has 6 heteroatoms. The average molecular weight is 279 g/mol. The van der Waals surface area contributed by atoms with E-state index < -0.39 is 28.6 Å². The Hall–Kier alpha value is -1.14. The quantitative estimate of drug-likeness (QED) is 0.817. The van der Waals surface area contributed by atoms with Crippen LogP contribution < -0.4 is 5.73 Å². The highest BCUT2D eigenvalue weighted by molar-refractivity contribution is 5.33. The molecule has 0 aliphatic heterocycles. The van der Waals surface area contributed by atoms with Gasteiger partial charge in [-0.05, 0) is 23.1 Å². The summed E-state index contributed by atoms with van der Waals surface area (Å²) < 4.78 is 51.2. The van der Waals surface area contributed by atoms with Gasteiger partial charge in [-0.3, -0.25) is 0 Å². The van der Waals surface area contributed by atoms with Crippen molar-refractivity contribution in [1.82, 2.24) is 0 Å². The summed E-state index contributed by atoms with van der Waals surface area (Å²) in [5.41, 5.74) is 1.60. The van der Waals surface area contributed by atoms with E-state index in [1.54, 1.807) is 20.8 Å². The maximum absolute atomic E-state index is 13.2. The molecule has 1 aromatic rings. The Bertz CT molecular complexity index is 465. The highest BCUT2D eigenvalue weighted by atomic mass is 19.4. The molecule has 2 nitrogen and oxygen atoms in total. The standard InChI is InChI=1S/C13H17F4NO/c1-11(2,3)12(19,7-18)8-4-5-10(14)9(6-8)13(15,16)17/h4-6,19H,7,18H2,1-3H3. The van der Waals surface area contributed by atoms with E-state index in [9.17, 15) is 22.7 Å². The third-order valence-corrected chi connectivity index (χ3v) is 3.29. The van der Waals surface area contributed by atoms with Gasteiger partial charge < -0.3 is 10.8 Å². The first-order valence-corrected chi connectivity index (χ1v) is 5.73. The average Bonchev–Trinajstić information content (AvgIpc) is 2.25. The molecule has 3 N–H and O–H groups in total. The van der Waals surface area contributed by atoms with E-state index in [4.69, 9.17) is 5.73 Å². The molecule has 0 aromatic heterocycles. The van der Waals surface area contributed by atoms with Crippen LogP contribution in [0.15, 0.2) is 18.2 Å². The molecule has 0 bridgehead atoms. The molecule has 0 aliphatic rings.